The number of carbonyl (C=O) groups is 2. The highest BCUT2D eigenvalue weighted by Gasteiger charge is 2.28. The Hall–Kier alpha value is -6.97. The maximum absolute atomic E-state index is 16.4. The first-order chi connectivity index (χ1) is 25.3. The predicted molar refractivity (Wildman–Crippen MR) is 185 cm³/mol. The third kappa shape index (κ3) is 8.24. The Kier molecular flexibility index (Phi) is 10.8. The SMILES string of the molecule is COc1cc(OCCOC(=O)c2ccncc2)c(F)c(C(NC2=CC=C(C(=N)NC(=O)c3ccccc3)CC2)c2nn(-c3ncccn3)c(=O)[nH]2)c1. The van der Waals surface area contributed by atoms with E-state index in [1.165, 1.54) is 56.2 Å². The van der Waals surface area contributed by atoms with Gasteiger partial charge in [0.15, 0.2) is 17.4 Å². The van der Waals surface area contributed by atoms with Crippen LogP contribution in [-0.4, -0.2) is 67.8 Å². The van der Waals surface area contributed by atoms with E-state index in [0.29, 0.717) is 35.2 Å². The maximum atomic E-state index is 16.4. The van der Waals surface area contributed by atoms with Gasteiger partial charge in [-0.25, -0.2) is 23.9 Å². The number of halogens is 1. The lowest BCUT2D eigenvalue weighted by molar-refractivity contribution is 0.0448. The summed E-state index contributed by atoms with van der Waals surface area (Å²) in [4.78, 5) is 52.7. The molecule has 52 heavy (non-hydrogen) atoms. The zero-order valence-corrected chi connectivity index (χ0v) is 27.7. The lowest BCUT2D eigenvalue weighted by Gasteiger charge is -2.24. The fourth-order valence-electron chi connectivity index (χ4n) is 5.19. The van der Waals surface area contributed by atoms with Crippen LogP contribution in [0.4, 0.5) is 4.39 Å². The molecule has 0 aliphatic heterocycles. The van der Waals surface area contributed by atoms with Crippen LogP contribution in [0, 0.1) is 11.2 Å². The van der Waals surface area contributed by atoms with Crippen LogP contribution >= 0.6 is 0 Å². The van der Waals surface area contributed by atoms with Crippen LogP contribution in [0.15, 0.2) is 114 Å². The number of hydrogen-bond acceptors (Lipinski definition) is 12. The number of ether oxygens (including phenoxy) is 3. The molecule has 5 aromatic rings. The van der Waals surface area contributed by atoms with E-state index in [2.05, 4.69) is 35.7 Å². The van der Waals surface area contributed by atoms with E-state index in [1.54, 1.807) is 48.6 Å². The molecule has 1 atom stereocenters. The number of esters is 1. The van der Waals surface area contributed by atoms with Crippen molar-refractivity contribution in [3.63, 3.8) is 0 Å². The summed E-state index contributed by atoms with van der Waals surface area (Å²) in [6, 6.07) is 14.9. The topological polar surface area (TPSA) is 199 Å². The molecule has 3 aromatic heterocycles. The Bertz CT molecular complexity index is 2190. The highest BCUT2D eigenvalue weighted by Crippen LogP contribution is 2.34. The summed E-state index contributed by atoms with van der Waals surface area (Å²) in [5.41, 5.74) is 1.28. The van der Waals surface area contributed by atoms with E-state index in [1.807, 2.05) is 0 Å². The lowest BCUT2D eigenvalue weighted by atomic mass is 9.99. The highest BCUT2D eigenvalue weighted by atomic mass is 19.1. The van der Waals surface area contributed by atoms with Gasteiger partial charge in [-0.1, -0.05) is 24.3 Å². The number of H-pyrrole nitrogens is 1. The number of amidine groups is 1. The molecule has 1 amide bonds. The van der Waals surface area contributed by atoms with Crippen LogP contribution in [0.3, 0.4) is 0 Å². The minimum Gasteiger partial charge on any atom is -0.497 e. The third-order valence-corrected chi connectivity index (χ3v) is 7.80. The standard InChI is InChI=1S/C36H32FN9O6/c1-50-26-20-27(29(37)28(21-26)51-18-19-52-34(48)24-12-16-39-17-13-24)30(32-44-36(49)46(45-32)35-40-14-5-15-41-35)42-25-10-8-22(9-11-25)31(38)43-33(47)23-6-3-2-4-7-23/h2-8,10,12-17,20-21,30,42H,9,11,18-19H2,1H3,(H2,38,43,47)(H,44,45,49). The van der Waals surface area contributed by atoms with Crippen LogP contribution in [0.1, 0.15) is 51.0 Å². The van der Waals surface area contributed by atoms with E-state index in [0.717, 1.165) is 4.68 Å². The van der Waals surface area contributed by atoms with Gasteiger partial charge in [-0.05, 0) is 60.9 Å². The van der Waals surface area contributed by atoms with Crippen molar-refractivity contribution in [3.8, 4) is 17.4 Å². The molecule has 15 nitrogen and oxygen atoms in total. The second-order valence-corrected chi connectivity index (χ2v) is 11.2. The molecular weight excluding hydrogens is 673 g/mol. The molecule has 4 N–H and O–H groups in total. The molecule has 6 rings (SSSR count). The molecular formula is C36H32FN9O6. The fourth-order valence-corrected chi connectivity index (χ4v) is 5.19. The second kappa shape index (κ2) is 16.2. The van der Waals surface area contributed by atoms with E-state index in [-0.39, 0.29) is 47.9 Å². The summed E-state index contributed by atoms with van der Waals surface area (Å²) in [5, 5.41) is 18.7. The van der Waals surface area contributed by atoms with Crippen LogP contribution in [0.25, 0.3) is 5.95 Å². The van der Waals surface area contributed by atoms with Gasteiger partial charge in [-0.15, -0.1) is 9.78 Å². The largest absolute Gasteiger partial charge is 0.497 e. The van der Waals surface area contributed by atoms with Crippen molar-refractivity contribution < 1.29 is 28.2 Å². The van der Waals surface area contributed by atoms with Gasteiger partial charge >= 0.3 is 11.7 Å². The predicted octanol–water partition coefficient (Wildman–Crippen LogP) is 3.82. The van der Waals surface area contributed by atoms with E-state index in [4.69, 9.17) is 19.6 Å². The number of amides is 1. The number of nitrogens with one attached hydrogen (secondary N) is 4. The second-order valence-electron chi connectivity index (χ2n) is 11.2. The normalized spacial score (nSPS) is 12.9. The first kappa shape index (κ1) is 34.9. The molecule has 1 unspecified atom stereocenters. The molecule has 0 bridgehead atoms. The van der Waals surface area contributed by atoms with Crippen molar-refractivity contribution in [2.45, 2.75) is 18.9 Å². The fraction of sp³-hybridized carbons (Fsp3) is 0.167. The average Bonchev–Trinajstić information content (AvgIpc) is 3.58. The number of carbonyl (C=O) groups excluding carboxylic acids is 2. The van der Waals surface area contributed by atoms with Crippen molar-refractivity contribution >= 4 is 17.7 Å². The molecule has 0 fully saturated rings. The number of aromatic nitrogens is 6. The Balaban J connectivity index is 1.26. The van der Waals surface area contributed by atoms with Gasteiger partial charge < -0.3 is 24.8 Å². The van der Waals surface area contributed by atoms with Crippen molar-refractivity contribution in [2.75, 3.05) is 20.3 Å². The smallest absolute Gasteiger partial charge is 0.350 e. The average molecular weight is 706 g/mol. The number of rotatable bonds is 13. The number of allylic oxidation sites excluding steroid dienone is 3. The summed E-state index contributed by atoms with van der Waals surface area (Å²) in [6.07, 6.45) is 9.96. The van der Waals surface area contributed by atoms with Crippen molar-refractivity contribution in [1.82, 2.24) is 40.3 Å². The monoisotopic (exact) mass is 705 g/mol. The zero-order valence-electron chi connectivity index (χ0n) is 27.7. The third-order valence-electron chi connectivity index (χ3n) is 7.80. The number of methoxy groups -OCH3 is 1. The number of hydrogen-bond donors (Lipinski definition) is 4. The molecule has 1 aliphatic carbocycles. The number of pyridine rings is 1. The Morgan fingerprint density at radius 1 is 0.981 bits per heavy atom. The summed E-state index contributed by atoms with van der Waals surface area (Å²) < 4.78 is 33.8. The van der Waals surface area contributed by atoms with Gasteiger partial charge in [0.1, 0.15) is 30.8 Å². The lowest BCUT2D eigenvalue weighted by Crippen LogP contribution is -2.32. The summed E-state index contributed by atoms with van der Waals surface area (Å²) >= 11 is 0. The van der Waals surface area contributed by atoms with Gasteiger partial charge in [0.2, 0.25) is 0 Å². The molecule has 0 saturated heterocycles. The number of benzene rings is 2. The first-order valence-electron chi connectivity index (χ1n) is 16.0. The minimum absolute atomic E-state index is 0.00530. The molecule has 264 valence electrons. The van der Waals surface area contributed by atoms with Gasteiger partial charge in [-0.3, -0.25) is 20.2 Å². The summed E-state index contributed by atoms with van der Waals surface area (Å²) in [6.45, 7) is -0.354. The Morgan fingerprint density at radius 3 is 2.46 bits per heavy atom. The van der Waals surface area contributed by atoms with E-state index in [9.17, 15) is 14.4 Å². The molecule has 0 spiro atoms. The van der Waals surface area contributed by atoms with Crippen LogP contribution in [-0.2, 0) is 4.74 Å². The van der Waals surface area contributed by atoms with Gasteiger partial charge in [0.05, 0.1) is 12.7 Å². The Labute approximate surface area is 295 Å². The number of nitrogens with zero attached hydrogens (tertiary/aromatic N) is 5. The van der Waals surface area contributed by atoms with Gasteiger partial charge in [0.25, 0.3) is 11.9 Å². The molecule has 2 aromatic carbocycles. The van der Waals surface area contributed by atoms with Crippen molar-refractivity contribution in [1.29, 1.82) is 5.41 Å². The molecule has 16 heteroatoms. The highest BCUT2D eigenvalue weighted by molar-refractivity contribution is 6.11. The summed E-state index contributed by atoms with van der Waals surface area (Å²) in [7, 11) is 1.41. The van der Waals surface area contributed by atoms with Crippen LogP contribution < -0.4 is 25.8 Å². The van der Waals surface area contributed by atoms with Gasteiger partial charge in [0, 0.05) is 47.7 Å². The Morgan fingerprint density at radius 2 is 1.75 bits per heavy atom. The summed E-state index contributed by atoms with van der Waals surface area (Å²) in [5.74, 6) is -1.75. The maximum Gasteiger partial charge on any atom is 0.350 e. The van der Waals surface area contributed by atoms with Crippen LogP contribution in [0.2, 0.25) is 0 Å². The van der Waals surface area contributed by atoms with Gasteiger partial charge in [-0.2, -0.15) is 0 Å². The quantitative estimate of drug-likeness (QED) is 0.0601. The van der Waals surface area contributed by atoms with E-state index >= 15 is 4.39 Å². The van der Waals surface area contributed by atoms with Crippen LogP contribution in [0.5, 0.6) is 11.5 Å². The molecule has 1 aliphatic rings. The minimum atomic E-state index is -1.10. The zero-order chi connectivity index (χ0) is 36.5. The van der Waals surface area contributed by atoms with E-state index < -0.39 is 29.4 Å². The van der Waals surface area contributed by atoms with Crippen molar-refractivity contribution in [3.05, 3.63) is 148 Å². The molecule has 3 heterocycles. The molecule has 0 radical (unpaired) electrons. The molecule has 0 saturated carbocycles. The van der Waals surface area contributed by atoms with Crippen molar-refractivity contribution in [2.24, 2.45) is 0 Å². The first-order valence-corrected chi connectivity index (χ1v) is 16.0. The number of aromatic amines is 1.